The van der Waals surface area contributed by atoms with Crippen LogP contribution in [0.25, 0.3) is 0 Å². The van der Waals surface area contributed by atoms with E-state index in [1.807, 2.05) is 36.4 Å². The second-order valence-electron chi connectivity index (χ2n) is 6.21. The van der Waals surface area contributed by atoms with Gasteiger partial charge in [0.2, 0.25) is 0 Å². The Bertz CT molecular complexity index is 1090. The van der Waals surface area contributed by atoms with E-state index in [2.05, 4.69) is 10.6 Å². The van der Waals surface area contributed by atoms with E-state index >= 15 is 0 Å². The Balaban J connectivity index is 1.63. The number of para-hydroxylation sites is 1. The third-order valence-electron chi connectivity index (χ3n) is 4.03. The van der Waals surface area contributed by atoms with Gasteiger partial charge in [-0.2, -0.15) is 0 Å². The molecule has 0 aromatic heterocycles. The molecule has 3 N–H and O–H groups in total. The summed E-state index contributed by atoms with van der Waals surface area (Å²) in [5.41, 5.74) is 1.38. The molecule has 0 radical (unpaired) electrons. The van der Waals surface area contributed by atoms with Crippen LogP contribution in [0.5, 0.6) is 5.75 Å². The molecule has 0 unspecified atom stereocenters. The van der Waals surface area contributed by atoms with Crippen molar-refractivity contribution in [2.24, 2.45) is 0 Å². The van der Waals surface area contributed by atoms with Gasteiger partial charge in [-0.05, 0) is 60.2 Å². The van der Waals surface area contributed by atoms with Gasteiger partial charge in [0.25, 0.3) is 5.91 Å². The maximum atomic E-state index is 12.5. The van der Waals surface area contributed by atoms with E-state index < -0.39 is 11.9 Å². The highest BCUT2D eigenvalue weighted by Crippen LogP contribution is 2.21. The summed E-state index contributed by atoms with van der Waals surface area (Å²) in [5.74, 6) is -0.866. The average Bonchev–Trinajstić information content (AvgIpc) is 2.74. The maximum absolute atomic E-state index is 12.5. The van der Waals surface area contributed by atoms with Crippen molar-refractivity contribution in [3.05, 3.63) is 94.5 Å². The SMILES string of the molecule is O=C(NC(=S)Nc1ccc(Cl)cc1C(=O)O)c1cccc(COc2ccccc2)c1. The van der Waals surface area contributed by atoms with Crippen molar-refractivity contribution in [2.75, 3.05) is 5.32 Å². The van der Waals surface area contributed by atoms with E-state index in [9.17, 15) is 14.7 Å². The van der Waals surface area contributed by atoms with Crippen LogP contribution in [0.2, 0.25) is 5.02 Å². The number of nitrogens with one attached hydrogen (secondary N) is 2. The standard InChI is InChI=1S/C22H17ClN2O4S/c23-16-9-10-19(18(12-16)21(27)28)24-22(30)25-20(26)15-6-4-5-14(11-15)13-29-17-7-2-1-3-8-17/h1-12H,13H2,(H,27,28)(H2,24,25,26,30). The molecule has 3 rings (SSSR count). The Kier molecular flexibility index (Phi) is 7.00. The summed E-state index contributed by atoms with van der Waals surface area (Å²) in [4.78, 5) is 23.9. The molecule has 0 aliphatic heterocycles. The summed E-state index contributed by atoms with van der Waals surface area (Å²) >= 11 is 11.0. The molecule has 3 aromatic rings. The predicted octanol–water partition coefficient (Wildman–Crippen LogP) is 4.74. The van der Waals surface area contributed by atoms with Crippen molar-refractivity contribution in [1.29, 1.82) is 0 Å². The molecule has 8 heteroatoms. The van der Waals surface area contributed by atoms with Crippen LogP contribution in [0.1, 0.15) is 26.3 Å². The average molecular weight is 441 g/mol. The Hall–Kier alpha value is -3.42. The second-order valence-corrected chi connectivity index (χ2v) is 7.05. The number of hydrogen-bond donors (Lipinski definition) is 3. The van der Waals surface area contributed by atoms with E-state index in [4.69, 9.17) is 28.6 Å². The number of hydrogen-bond acceptors (Lipinski definition) is 4. The Labute approximate surface area is 183 Å². The number of benzene rings is 3. The molecule has 0 aliphatic rings. The maximum Gasteiger partial charge on any atom is 0.337 e. The molecule has 0 heterocycles. The van der Waals surface area contributed by atoms with Crippen LogP contribution in [-0.4, -0.2) is 22.1 Å². The van der Waals surface area contributed by atoms with Crippen LogP contribution < -0.4 is 15.4 Å². The molecule has 0 saturated carbocycles. The molecule has 0 fully saturated rings. The zero-order valence-corrected chi connectivity index (χ0v) is 17.2. The molecule has 0 bridgehead atoms. The minimum atomic E-state index is -1.17. The normalized spacial score (nSPS) is 10.2. The summed E-state index contributed by atoms with van der Waals surface area (Å²) in [5, 5.41) is 14.8. The largest absolute Gasteiger partial charge is 0.489 e. The highest BCUT2D eigenvalue weighted by atomic mass is 35.5. The Morgan fingerprint density at radius 1 is 1.00 bits per heavy atom. The number of halogens is 1. The molecular formula is C22H17ClN2O4S. The number of ether oxygens (including phenoxy) is 1. The minimum absolute atomic E-state index is 0.0317. The first-order chi connectivity index (χ1) is 14.4. The number of carboxylic acids is 1. The molecule has 0 atom stereocenters. The third kappa shape index (κ3) is 5.79. The summed E-state index contributed by atoms with van der Waals surface area (Å²) < 4.78 is 5.70. The van der Waals surface area contributed by atoms with Gasteiger partial charge in [-0.15, -0.1) is 0 Å². The summed E-state index contributed by atoms with van der Waals surface area (Å²) in [6.07, 6.45) is 0. The van der Waals surface area contributed by atoms with Crippen molar-refractivity contribution in [3.8, 4) is 5.75 Å². The van der Waals surface area contributed by atoms with E-state index in [1.165, 1.54) is 18.2 Å². The van der Waals surface area contributed by atoms with Gasteiger partial charge >= 0.3 is 5.97 Å². The number of carbonyl (C=O) groups excluding carboxylic acids is 1. The first kappa shape index (κ1) is 21.3. The number of carbonyl (C=O) groups is 2. The lowest BCUT2D eigenvalue weighted by Gasteiger charge is -2.12. The Morgan fingerprint density at radius 2 is 1.77 bits per heavy atom. The third-order valence-corrected chi connectivity index (χ3v) is 4.46. The van der Waals surface area contributed by atoms with Crippen molar-refractivity contribution in [2.45, 2.75) is 6.61 Å². The predicted molar refractivity (Wildman–Crippen MR) is 119 cm³/mol. The smallest absolute Gasteiger partial charge is 0.337 e. The number of carboxylic acid groups (broad SMARTS) is 1. The fraction of sp³-hybridized carbons (Fsp3) is 0.0455. The van der Waals surface area contributed by atoms with Gasteiger partial charge in [0.15, 0.2) is 5.11 Å². The molecule has 1 amide bonds. The van der Waals surface area contributed by atoms with Gasteiger partial charge in [-0.1, -0.05) is 41.9 Å². The topological polar surface area (TPSA) is 87.7 Å². The lowest BCUT2D eigenvalue weighted by atomic mass is 10.1. The highest BCUT2D eigenvalue weighted by Gasteiger charge is 2.14. The Morgan fingerprint density at radius 3 is 2.50 bits per heavy atom. The monoisotopic (exact) mass is 440 g/mol. The van der Waals surface area contributed by atoms with Crippen LogP contribution >= 0.6 is 23.8 Å². The van der Waals surface area contributed by atoms with Gasteiger partial charge in [0.05, 0.1) is 11.3 Å². The summed E-state index contributed by atoms with van der Waals surface area (Å²) in [6.45, 7) is 0.306. The fourth-order valence-corrected chi connectivity index (χ4v) is 2.99. The van der Waals surface area contributed by atoms with Crippen molar-refractivity contribution >= 4 is 46.5 Å². The molecule has 30 heavy (non-hydrogen) atoms. The first-order valence-corrected chi connectivity index (χ1v) is 9.63. The number of amides is 1. The fourth-order valence-electron chi connectivity index (χ4n) is 2.62. The van der Waals surface area contributed by atoms with Crippen LogP contribution in [0, 0.1) is 0 Å². The summed E-state index contributed by atoms with van der Waals surface area (Å²) in [7, 11) is 0. The van der Waals surface area contributed by atoms with Gasteiger partial charge in [0.1, 0.15) is 12.4 Å². The van der Waals surface area contributed by atoms with Crippen molar-refractivity contribution in [3.63, 3.8) is 0 Å². The van der Waals surface area contributed by atoms with Crippen molar-refractivity contribution in [1.82, 2.24) is 5.32 Å². The van der Waals surface area contributed by atoms with Crippen LogP contribution in [-0.2, 0) is 6.61 Å². The van der Waals surface area contributed by atoms with E-state index in [0.29, 0.717) is 12.2 Å². The molecule has 0 aliphatic carbocycles. The first-order valence-electron chi connectivity index (χ1n) is 8.84. The number of rotatable bonds is 6. The van der Waals surface area contributed by atoms with E-state index in [0.717, 1.165) is 11.3 Å². The number of aromatic carboxylic acids is 1. The van der Waals surface area contributed by atoms with Gasteiger partial charge in [0, 0.05) is 10.6 Å². The molecule has 152 valence electrons. The number of thiocarbonyl (C=S) groups is 1. The van der Waals surface area contributed by atoms with Gasteiger partial charge in [-0.3, -0.25) is 10.1 Å². The van der Waals surface area contributed by atoms with Crippen LogP contribution in [0.4, 0.5) is 5.69 Å². The summed E-state index contributed by atoms with van der Waals surface area (Å²) in [6, 6.07) is 20.6. The highest BCUT2D eigenvalue weighted by molar-refractivity contribution is 7.80. The van der Waals surface area contributed by atoms with E-state index in [1.54, 1.807) is 18.2 Å². The number of anilines is 1. The zero-order valence-electron chi connectivity index (χ0n) is 15.6. The quantitative estimate of drug-likeness (QED) is 0.480. The molecule has 0 saturated heterocycles. The van der Waals surface area contributed by atoms with Crippen LogP contribution in [0.3, 0.4) is 0 Å². The molecular weight excluding hydrogens is 424 g/mol. The zero-order chi connectivity index (χ0) is 21.5. The van der Waals surface area contributed by atoms with Crippen LogP contribution in [0.15, 0.2) is 72.8 Å². The molecule has 0 spiro atoms. The lowest BCUT2D eigenvalue weighted by Crippen LogP contribution is -2.34. The van der Waals surface area contributed by atoms with Gasteiger partial charge < -0.3 is 15.2 Å². The minimum Gasteiger partial charge on any atom is -0.489 e. The van der Waals surface area contributed by atoms with Gasteiger partial charge in [-0.25, -0.2) is 4.79 Å². The molecule has 6 nitrogen and oxygen atoms in total. The second kappa shape index (κ2) is 9.87. The molecule has 3 aromatic carbocycles. The van der Waals surface area contributed by atoms with E-state index in [-0.39, 0.29) is 21.4 Å². The van der Waals surface area contributed by atoms with Crippen molar-refractivity contribution < 1.29 is 19.4 Å². The lowest BCUT2D eigenvalue weighted by molar-refractivity contribution is 0.0697.